The van der Waals surface area contributed by atoms with Crippen molar-refractivity contribution in [2.75, 3.05) is 41.3 Å². The monoisotopic (exact) mass is 393 g/mol. The molecule has 154 valence electrons. The smallest absolute Gasteiger partial charge is 0.227 e. The van der Waals surface area contributed by atoms with Crippen LogP contribution < -0.4 is 15.1 Å². The average molecular weight is 394 g/mol. The number of anilines is 3. The molecule has 2 aliphatic heterocycles. The van der Waals surface area contributed by atoms with Gasteiger partial charge in [0, 0.05) is 37.8 Å². The zero-order valence-electron chi connectivity index (χ0n) is 17.3. The topological polar surface area (TPSA) is 61.4 Å². The number of aryl methyl sites for hydroxylation is 1. The molecule has 6 heteroatoms. The molecule has 6 nitrogen and oxygen atoms in total. The molecule has 0 saturated carbocycles. The highest BCUT2D eigenvalue weighted by atomic mass is 16.1. The average Bonchev–Trinajstić information content (AvgIpc) is 2.80. The van der Waals surface area contributed by atoms with Crippen molar-refractivity contribution >= 4 is 23.2 Å². The van der Waals surface area contributed by atoms with Gasteiger partial charge in [-0.3, -0.25) is 4.79 Å². The predicted molar refractivity (Wildman–Crippen MR) is 117 cm³/mol. The van der Waals surface area contributed by atoms with Crippen molar-refractivity contribution in [2.24, 2.45) is 5.92 Å². The third kappa shape index (κ3) is 4.86. The van der Waals surface area contributed by atoms with E-state index in [-0.39, 0.29) is 11.8 Å². The van der Waals surface area contributed by atoms with Crippen molar-refractivity contribution in [2.45, 2.75) is 45.4 Å². The van der Waals surface area contributed by atoms with Gasteiger partial charge in [0.1, 0.15) is 0 Å². The fourth-order valence-electron chi connectivity index (χ4n) is 4.20. The minimum Gasteiger partial charge on any atom is -0.369 e. The number of aromatic nitrogens is 2. The molecular formula is C23H31N5O. The minimum absolute atomic E-state index is 0.0608. The Morgan fingerprint density at radius 1 is 0.966 bits per heavy atom. The van der Waals surface area contributed by atoms with E-state index in [1.54, 1.807) is 0 Å². The highest BCUT2D eigenvalue weighted by Crippen LogP contribution is 2.25. The molecular weight excluding hydrogens is 362 g/mol. The Morgan fingerprint density at radius 2 is 1.62 bits per heavy atom. The minimum atomic E-state index is 0.0608. The van der Waals surface area contributed by atoms with Crippen LogP contribution in [0.3, 0.4) is 0 Å². The van der Waals surface area contributed by atoms with Crippen molar-refractivity contribution in [3.63, 3.8) is 0 Å². The molecule has 0 bridgehead atoms. The Kier molecular flexibility index (Phi) is 6.27. The fourth-order valence-corrected chi connectivity index (χ4v) is 4.20. The van der Waals surface area contributed by atoms with Gasteiger partial charge in [-0.25, -0.2) is 9.97 Å². The lowest BCUT2D eigenvalue weighted by Crippen LogP contribution is -2.38. The Hall–Kier alpha value is -2.63. The molecule has 1 N–H and O–H groups in total. The van der Waals surface area contributed by atoms with E-state index in [1.807, 2.05) is 24.5 Å². The summed E-state index contributed by atoms with van der Waals surface area (Å²) in [6.45, 7) is 5.97. The second-order valence-corrected chi connectivity index (χ2v) is 8.09. The number of amides is 1. The maximum Gasteiger partial charge on any atom is 0.227 e. The van der Waals surface area contributed by atoms with Crippen LogP contribution in [0.25, 0.3) is 0 Å². The second-order valence-electron chi connectivity index (χ2n) is 8.09. The summed E-state index contributed by atoms with van der Waals surface area (Å²) in [6.07, 6.45) is 10.3. The summed E-state index contributed by atoms with van der Waals surface area (Å²) in [4.78, 5) is 26.4. The van der Waals surface area contributed by atoms with Crippen molar-refractivity contribution in [3.05, 3.63) is 42.2 Å². The molecule has 2 saturated heterocycles. The van der Waals surface area contributed by atoms with Crippen LogP contribution in [0, 0.1) is 5.92 Å². The number of rotatable bonds is 5. The molecule has 2 aliphatic rings. The van der Waals surface area contributed by atoms with Crippen LogP contribution in [0.5, 0.6) is 0 Å². The maximum absolute atomic E-state index is 12.6. The SMILES string of the molecule is CCc1ccc(NC(=O)C2CCN(c3cnc(N4CCCCC4)nc3)CC2)cc1. The first-order valence-corrected chi connectivity index (χ1v) is 10.9. The lowest BCUT2D eigenvalue weighted by Gasteiger charge is -2.33. The van der Waals surface area contributed by atoms with E-state index >= 15 is 0 Å². The van der Waals surface area contributed by atoms with E-state index in [2.05, 4.69) is 44.1 Å². The summed E-state index contributed by atoms with van der Waals surface area (Å²) >= 11 is 0. The molecule has 29 heavy (non-hydrogen) atoms. The van der Waals surface area contributed by atoms with Gasteiger partial charge in [-0.2, -0.15) is 0 Å². The summed E-state index contributed by atoms with van der Waals surface area (Å²) in [7, 11) is 0. The van der Waals surface area contributed by atoms with Gasteiger partial charge in [0.2, 0.25) is 11.9 Å². The molecule has 2 aromatic rings. The third-order valence-corrected chi connectivity index (χ3v) is 6.12. The van der Waals surface area contributed by atoms with Gasteiger partial charge < -0.3 is 15.1 Å². The summed E-state index contributed by atoms with van der Waals surface area (Å²) in [5, 5.41) is 3.07. The fraction of sp³-hybridized carbons (Fsp3) is 0.522. The maximum atomic E-state index is 12.6. The molecule has 0 aliphatic carbocycles. The highest BCUT2D eigenvalue weighted by molar-refractivity contribution is 5.92. The van der Waals surface area contributed by atoms with E-state index in [0.29, 0.717) is 0 Å². The summed E-state index contributed by atoms with van der Waals surface area (Å²) < 4.78 is 0. The number of hydrogen-bond acceptors (Lipinski definition) is 5. The van der Waals surface area contributed by atoms with E-state index in [4.69, 9.17) is 0 Å². The van der Waals surface area contributed by atoms with E-state index in [1.165, 1.54) is 24.8 Å². The van der Waals surface area contributed by atoms with Crippen molar-refractivity contribution < 1.29 is 4.79 Å². The van der Waals surface area contributed by atoms with Gasteiger partial charge in [0.25, 0.3) is 0 Å². The van der Waals surface area contributed by atoms with Crippen LogP contribution in [-0.4, -0.2) is 42.1 Å². The molecule has 2 fully saturated rings. The van der Waals surface area contributed by atoms with Crippen LogP contribution in [0.15, 0.2) is 36.7 Å². The molecule has 4 rings (SSSR count). The van der Waals surface area contributed by atoms with Crippen LogP contribution >= 0.6 is 0 Å². The summed E-state index contributed by atoms with van der Waals surface area (Å²) in [5.41, 5.74) is 3.22. The molecule has 1 amide bonds. The number of piperidine rings is 2. The second kappa shape index (κ2) is 9.25. The molecule has 0 unspecified atom stereocenters. The number of benzene rings is 1. The van der Waals surface area contributed by atoms with Crippen LogP contribution in [0.2, 0.25) is 0 Å². The standard InChI is InChI=1S/C23H31N5O/c1-2-18-6-8-20(9-7-18)26-22(29)19-10-14-27(15-11-19)21-16-24-23(25-17-21)28-12-4-3-5-13-28/h6-9,16-17,19H,2-5,10-15H2,1H3,(H,26,29). The number of carbonyl (C=O) groups excluding carboxylic acids is 1. The van der Waals surface area contributed by atoms with Crippen molar-refractivity contribution in [1.29, 1.82) is 0 Å². The van der Waals surface area contributed by atoms with Gasteiger partial charge >= 0.3 is 0 Å². The molecule has 0 spiro atoms. The van der Waals surface area contributed by atoms with Crippen molar-refractivity contribution in [1.82, 2.24) is 9.97 Å². The van der Waals surface area contributed by atoms with Gasteiger partial charge in [-0.1, -0.05) is 19.1 Å². The molecule has 1 aromatic heterocycles. The Morgan fingerprint density at radius 3 is 2.24 bits per heavy atom. The molecule has 1 aromatic carbocycles. The number of carbonyl (C=O) groups is 1. The Bertz CT molecular complexity index is 791. The Balaban J connectivity index is 1.28. The largest absolute Gasteiger partial charge is 0.369 e. The molecule has 3 heterocycles. The van der Waals surface area contributed by atoms with Gasteiger partial charge in [0.05, 0.1) is 18.1 Å². The molecule has 0 atom stereocenters. The first-order chi connectivity index (χ1) is 14.2. The van der Waals surface area contributed by atoms with Crippen LogP contribution in [-0.2, 0) is 11.2 Å². The number of hydrogen-bond donors (Lipinski definition) is 1. The number of nitrogens with zero attached hydrogens (tertiary/aromatic N) is 4. The summed E-state index contributed by atoms with van der Waals surface area (Å²) in [5.74, 6) is 1.04. The van der Waals surface area contributed by atoms with E-state index in [0.717, 1.165) is 62.8 Å². The number of nitrogens with one attached hydrogen (secondary N) is 1. The Labute approximate surface area is 173 Å². The lowest BCUT2D eigenvalue weighted by molar-refractivity contribution is -0.120. The van der Waals surface area contributed by atoms with Gasteiger partial charge in [-0.05, 0) is 56.2 Å². The van der Waals surface area contributed by atoms with Gasteiger partial charge in [0.15, 0.2) is 0 Å². The van der Waals surface area contributed by atoms with Gasteiger partial charge in [-0.15, -0.1) is 0 Å². The molecule has 0 radical (unpaired) electrons. The van der Waals surface area contributed by atoms with Crippen LogP contribution in [0.4, 0.5) is 17.3 Å². The first-order valence-electron chi connectivity index (χ1n) is 10.9. The third-order valence-electron chi connectivity index (χ3n) is 6.12. The van der Waals surface area contributed by atoms with Crippen molar-refractivity contribution in [3.8, 4) is 0 Å². The highest BCUT2D eigenvalue weighted by Gasteiger charge is 2.25. The van der Waals surface area contributed by atoms with E-state index < -0.39 is 0 Å². The zero-order valence-corrected chi connectivity index (χ0v) is 17.3. The normalized spacial score (nSPS) is 18.0. The quantitative estimate of drug-likeness (QED) is 0.835. The van der Waals surface area contributed by atoms with E-state index in [9.17, 15) is 4.79 Å². The zero-order chi connectivity index (χ0) is 20.1. The predicted octanol–water partition coefficient (Wildman–Crippen LogP) is 3.88. The lowest BCUT2D eigenvalue weighted by atomic mass is 9.95. The summed E-state index contributed by atoms with van der Waals surface area (Å²) in [6, 6.07) is 8.14. The first kappa shape index (κ1) is 19.7. The van der Waals surface area contributed by atoms with Crippen LogP contribution in [0.1, 0.15) is 44.6 Å².